The third-order valence-electron chi connectivity index (χ3n) is 6.82. The maximum Gasteiger partial charge on any atom is 0.407 e. The van der Waals surface area contributed by atoms with Crippen molar-refractivity contribution < 1.29 is 24.2 Å². The van der Waals surface area contributed by atoms with Crippen molar-refractivity contribution in [2.75, 3.05) is 39.5 Å². The van der Waals surface area contributed by atoms with Crippen LogP contribution in [0.4, 0.5) is 4.79 Å². The molecule has 0 aromatic heterocycles. The van der Waals surface area contributed by atoms with E-state index in [1.807, 2.05) is 0 Å². The lowest BCUT2D eigenvalue weighted by Crippen LogP contribution is -2.26. The largest absolute Gasteiger partial charge is 0.449 e. The predicted molar refractivity (Wildman–Crippen MR) is 158 cm³/mol. The molecular weight excluding hydrogens is 480 g/mol. The van der Waals surface area contributed by atoms with Crippen molar-refractivity contribution in [1.82, 2.24) is 10.6 Å². The summed E-state index contributed by atoms with van der Waals surface area (Å²) in [5, 5.41) is 14.2. The zero-order chi connectivity index (χ0) is 27.8. The second kappa shape index (κ2) is 31.9. The first-order chi connectivity index (χ1) is 18.7. The SMILES string of the molecule is CCCCCCCCCCCCCCCCCCOCCCOC(=O)NCCCCCC(=O)NCCCO. The van der Waals surface area contributed by atoms with Crippen LogP contribution >= 0.6 is 0 Å². The van der Waals surface area contributed by atoms with Gasteiger partial charge in [-0.15, -0.1) is 0 Å². The van der Waals surface area contributed by atoms with Gasteiger partial charge in [0, 0.05) is 45.8 Å². The minimum Gasteiger partial charge on any atom is -0.449 e. The number of aliphatic hydroxyl groups excluding tert-OH is 1. The Labute approximate surface area is 234 Å². The highest BCUT2D eigenvalue weighted by molar-refractivity contribution is 5.75. The normalized spacial score (nSPS) is 11.0. The monoisotopic (exact) mass is 542 g/mol. The molecule has 0 spiro atoms. The first-order valence-corrected chi connectivity index (χ1v) is 16.1. The molecule has 0 saturated heterocycles. The molecular formula is C31H62N2O5. The summed E-state index contributed by atoms with van der Waals surface area (Å²) in [7, 11) is 0. The number of nitrogens with one attached hydrogen (secondary N) is 2. The number of rotatable bonds is 30. The van der Waals surface area contributed by atoms with E-state index in [1.165, 1.54) is 96.3 Å². The van der Waals surface area contributed by atoms with E-state index in [-0.39, 0.29) is 18.6 Å². The summed E-state index contributed by atoms with van der Waals surface area (Å²) >= 11 is 0. The number of aliphatic hydroxyl groups is 1. The highest BCUT2D eigenvalue weighted by atomic mass is 16.5. The van der Waals surface area contributed by atoms with Gasteiger partial charge in [0.25, 0.3) is 0 Å². The van der Waals surface area contributed by atoms with Gasteiger partial charge in [-0.3, -0.25) is 4.79 Å². The van der Waals surface area contributed by atoms with E-state index >= 15 is 0 Å². The topological polar surface area (TPSA) is 96.9 Å². The van der Waals surface area contributed by atoms with Gasteiger partial charge in [0.2, 0.25) is 5.91 Å². The highest BCUT2D eigenvalue weighted by Crippen LogP contribution is 2.13. The zero-order valence-corrected chi connectivity index (χ0v) is 24.9. The molecule has 38 heavy (non-hydrogen) atoms. The maximum atomic E-state index is 11.7. The summed E-state index contributed by atoms with van der Waals surface area (Å²) in [5.41, 5.74) is 0. The van der Waals surface area contributed by atoms with Crippen LogP contribution in [0.3, 0.4) is 0 Å². The fourth-order valence-corrected chi connectivity index (χ4v) is 4.40. The standard InChI is InChI=1S/C31H62N2O5/c1-2-3-4-5-6-7-8-9-10-11-12-13-14-15-16-20-27-37-28-22-29-38-31(36)33-24-19-17-18-23-30(35)32-25-21-26-34/h34H,2-29H2,1H3,(H,32,35)(H,33,36). The minimum absolute atomic E-state index is 0.0165. The summed E-state index contributed by atoms with van der Waals surface area (Å²) in [6, 6.07) is 0. The van der Waals surface area contributed by atoms with E-state index in [4.69, 9.17) is 14.6 Å². The molecule has 226 valence electrons. The third-order valence-corrected chi connectivity index (χ3v) is 6.82. The fourth-order valence-electron chi connectivity index (χ4n) is 4.40. The molecule has 0 saturated carbocycles. The number of ether oxygens (including phenoxy) is 2. The molecule has 0 rings (SSSR count). The third kappa shape index (κ3) is 30.9. The van der Waals surface area contributed by atoms with Gasteiger partial charge in [-0.1, -0.05) is 110 Å². The smallest absolute Gasteiger partial charge is 0.407 e. The molecule has 0 atom stereocenters. The summed E-state index contributed by atoms with van der Waals surface area (Å²) in [5.74, 6) is 0.0165. The molecule has 0 unspecified atom stereocenters. The van der Waals surface area contributed by atoms with E-state index in [9.17, 15) is 9.59 Å². The number of amides is 2. The molecule has 3 N–H and O–H groups in total. The fraction of sp³-hybridized carbons (Fsp3) is 0.935. The Bertz CT molecular complexity index is 505. The number of alkyl carbamates (subject to hydrolysis) is 1. The number of unbranched alkanes of at least 4 members (excludes halogenated alkanes) is 17. The lowest BCUT2D eigenvalue weighted by atomic mass is 10.0. The van der Waals surface area contributed by atoms with Crippen LogP contribution in [-0.4, -0.2) is 56.6 Å². The van der Waals surface area contributed by atoms with Gasteiger partial charge in [0.15, 0.2) is 0 Å². The van der Waals surface area contributed by atoms with Crippen molar-refractivity contribution in [3.8, 4) is 0 Å². The first kappa shape index (κ1) is 36.7. The molecule has 7 heteroatoms. The quantitative estimate of drug-likeness (QED) is 0.0820. The van der Waals surface area contributed by atoms with E-state index in [0.717, 1.165) is 38.7 Å². The van der Waals surface area contributed by atoms with Gasteiger partial charge in [0.1, 0.15) is 0 Å². The number of hydrogen-bond donors (Lipinski definition) is 3. The van der Waals surface area contributed by atoms with E-state index in [2.05, 4.69) is 17.6 Å². The van der Waals surface area contributed by atoms with Crippen molar-refractivity contribution in [2.24, 2.45) is 0 Å². The second-order valence-electron chi connectivity index (χ2n) is 10.6. The van der Waals surface area contributed by atoms with Crippen LogP contribution in [0.5, 0.6) is 0 Å². The zero-order valence-electron chi connectivity index (χ0n) is 24.9. The van der Waals surface area contributed by atoms with Gasteiger partial charge < -0.3 is 25.2 Å². The van der Waals surface area contributed by atoms with Gasteiger partial charge in [-0.05, 0) is 25.7 Å². The Balaban J connectivity index is 3.18. The molecule has 0 bridgehead atoms. The highest BCUT2D eigenvalue weighted by Gasteiger charge is 2.03. The Kier molecular flexibility index (Phi) is 30.8. The van der Waals surface area contributed by atoms with Crippen molar-refractivity contribution in [2.45, 2.75) is 148 Å². The number of carbonyl (C=O) groups is 2. The van der Waals surface area contributed by atoms with Gasteiger partial charge in [-0.2, -0.15) is 0 Å². The van der Waals surface area contributed by atoms with Crippen molar-refractivity contribution in [3.05, 3.63) is 0 Å². The number of hydrogen-bond acceptors (Lipinski definition) is 5. The molecule has 0 aliphatic rings. The average Bonchev–Trinajstić information content (AvgIpc) is 2.91. The van der Waals surface area contributed by atoms with Crippen LogP contribution in [0.1, 0.15) is 148 Å². The van der Waals surface area contributed by atoms with E-state index in [0.29, 0.717) is 39.1 Å². The van der Waals surface area contributed by atoms with Crippen molar-refractivity contribution >= 4 is 12.0 Å². The van der Waals surface area contributed by atoms with Crippen LogP contribution in [0.15, 0.2) is 0 Å². The first-order valence-electron chi connectivity index (χ1n) is 16.1. The molecule has 0 fully saturated rings. The lowest BCUT2D eigenvalue weighted by Gasteiger charge is -2.08. The number of carbonyl (C=O) groups excluding carboxylic acids is 2. The van der Waals surface area contributed by atoms with Crippen LogP contribution < -0.4 is 10.6 Å². The van der Waals surface area contributed by atoms with Crippen molar-refractivity contribution in [1.29, 1.82) is 0 Å². The minimum atomic E-state index is -0.385. The van der Waals surface area contributed by atoms with Crippen LogP contribution in [0.2, 0.25) is 0 Å². The molecule has 0 aliphatic heterocycles. The van der Waals surface area contributed by atoms with E-state index in [1.54, 1.807) is 0 Å². The molecule has 0 aromatic carbocycles. The lowest BCUT2D eigenvalue weighted by molar-refractivity contribution is -0.121. The average molecular weight is 543 g/mol. The molecule has 0 heterocycles. The van der Waals surface area contributed by atoms with Gasteiger partial charge in [-0.25, -0.2) is 4.79 Å². The summed E-state index contributed by atoms with van der Waals surface area (Å²) in [6.07, 6.45) is 25.9. The Morgan fingerprint density at radius 3 is 1.63 bits per heavy atom. The van der Waals surface area contributed by atoms with Crippen LogP contribution in [-0.2, 0) is 14.3 Å². The molecule has 0 radical (unpaired) electrons. The predicted octanol–water partition coefficient (Wildman–Crippen LogP) is 7.44. The maximum absolute atomic E-state index is 11.7. The summed E-state index contributed by atoms with van der Waals surface area (Å²) < 4.78 is 10.8. The van der Waals surface area contributed by atoms with Crippen LogP contribution in [0.25, 0.3) is 0 Å². The van der Waals surface area contributed by atoms with Gasteiger partial charge in [0.05, 0.1) is 6.61 Å². The molecule has 0 aromatic rings. The van der Waals surface area contributed by atoms with E-state index < -0.39 is 0 Å². The molecule has 7 nitrogen and oxygen atoms in total. The summed E-state index contributed by atoms with van der Waals surface area (Å²) in [6.45, 7) is 5.25. The van der Waals surface area contributed by atoms with Crippen LogP contribution in [0, 0.1) is 0 Å². The molecule has 0 aliphatic carbocycles. The Morgan fingerprint density at radius 2 is 1.05 bits per heavy atom. The molecule has 2 amide bonds. The Morgan fingerprint density at radius 1 is 0.553 bits per heavy atom. The van der Waals surface area contributed by atoms with Gasteiger partial charge >= 0.3 is 6.09 Å². The summed E-state index contributed by atoms with van der Waals surface area (Å²) in [4.78, 5) is 23.2. The second-order valence-corrected chi connectivity index (χ2v) is 10.6. The Hall–Kier alpha value is -1.34. The van der Waals surface area contributed by atoms with Crippen molar-refractivity contribution in [3.63, 3.8) is 0 Å².